The molecule has 0 aliphatic carbocycles. The normalized spacial score (nSPS) is 10.9. The van der Waals surface area contributed by atoms with Crippen LogP contribution in [0.5, 0.6) is 23.0 Å². The Morgan fingerprint density at radius 1 is 0.548 bits per heavy atom. The summed E-state index contributed by atoms with van der Waals surface area (Å²) in [6.45, 7) is 8.05. The van der Waals surface area contributed by atoms with E-state index in [-0.39, 0.29) is 23.0 Å². The molecule has 0 spiro atoms. The molecule has 0 fully saturated rings. The minimum absolute atomic E-state index is 0.00605. The fourth-order valence-corrected chi connectivity index (χ4v) is 7.41. The van der Waals surface area contributed by atoms with Crippen LogP contribution in [-0.4, -0.2) is 41.6 Å². The predicted octanol–water partition coefficient (Wildman–Crippen LogP) is 10.2. The van der Waals surface area contributed by atoms with Gasteiger partial charge in [0.2, 0.25) is 5.76 Å². The van der Waals surface area contributed by atoms with E-state index in [9.17, 15) is 18.0 Å². The van der Waals surface area contributed by atoms with Crippen LogP contribution >= 0.6 is 0 Å². The average Bonchev–Trinajstić information content (AvgIpc) is 3.86. The molecule has 0 bridgehead atoms. The summed E-state index contributed by atoms with van der Waals surface area (Å²) in [5, 5.41) is 0. The zero-order chi connectivity index (χ0) is 44.4. The fraction of sp³-hybridized carbons (Fsp3) is 0.184. The second-order valence-corrected chi connectivity index (χ2v) is 15.8. The van der Waals surface area contributed by atoms with Crippen LogP contribution < -0.4 is 23.7 Å². The lowest BCUT2D eigenvalue weighted by Gasteiger charge is -2.10. The van der Waals surface area contributed by atoms with Crippen LogP contribution in [0.4, 0.5) is 0 Å². The van der Waals surface area contributed by atoms with E-state index >= 15 is 0 Å². The van der Waals surface area contributed by atoms with Crippen LogP contribution in [-0.2, 0) is 28.0 Å². The van der Waals surface area contributed by atoms with Crippen molar-refractivity contribution in [2.24, 2.45) is 0 Å². The monoisotopic (exact) mass is 857 g/mol. The molecule has 0 saturated heterocycles. The molecular formula is C49H47NO11S. The number of amides is 1. The van der Waals surface area contributed by atoms with Gasteiger partial charge in [-0.25, -0.2) is 17.9 Å². The smallest absolute Gasteiger partial charge is 0.373 e. The molecule has 0 radical (unpaired) electrons. The van der Waals surface area contributed by atoms with Gasteiger partial charge >= 0.3 is 11.9 Å². The number of esters is 1. The molecular weight excluding hydrogens is 811 g/mol. The molecule has 7 aromatic rings. The van der Waals surface area contributed by atoms with E-state index in [0.29, 0.717) is 29.4 Å². The van der Waals surface area contributed by atoms with E-state index in [2.05, 4.69) is 11.7 Å². The van der Waals surface area contributed by atoms with Gasteiger partial charge in [0.15, 0.2) is 5.76 Å². The van der Waals surface area contributed by atoms with Crippen LogP contribution in [0.3, 0.4) is 0 Å². The van der Waals surface area contributed by atoms with Gasteiger partial charge in [-0.2, -0.15) is 0 Å². The Labute approximate surface area is 361 Å². The summed E-state index contributed by atoms with van der Waals surface area (Å²) in [7, 11) is 0.630. The molecule has 0 atom stereocenters. The highest BCUT2D eigenvalue weighted by molar-refractivity contribution is 7.90. The molecule has 13 heteroatoms. The van der Waals surface area contributed by atoms with Crippen molar-refractivity contribution < 1.29 is 50.5 Å². The van der Waals surface area contributed by atoms with Gasteiger partial charge in [0.25, 0.3) is 10.0 Å². The van der Waals surface area contributed by atoms with E-state index in [1.807, 2.05) is 96.6 Å². The maximum absolute atomic E-state index is 12.5. The Bertz CT molecular complexity index is 2750. The molecule has 0 aliphatic rings. The molecule has 62 heavy (non-hydrogen) atoms. The predicted molar refractivity (Wildman–Crippen MR) is 234 cm³/mol. The highest BCUT2D eigenvalue weighted by atomic mass is 32.2. The molecule has 1 amide bonds. The van der Waals surface area contributed by atoms with E-state index in [1.54, 1.807) is 52.3 Å². The van der Waals surface area contributed by atoms with Crippen molar-refractivity contribution in [2.45, 2.75) is 45.8 Å². The standard InChI is InChI=1S/C27H25NO6S.C22H22O5/c1-18-15-23(32-3)13-14-25(18)20-9-11-22(12-10-20)33-17-21-16-26(34-19(21)2)27(29)28-35(30,31)24-7-5-4-6-8-24;1-14-11-19(24-3)9-10-20(14)16-5-7-18(8-6-16)26-13-17-12-21(22(23)25-4)27-15(17)2/h4-16H,17H2,1-3H3,(H,28,29);5-12H,13H2,1-4H3. The Kier molecular flexibility index (Phi) is 14.2. The Morgan fingerprint density at radius 2 is 0.984 bits per heavy atom. The molecule has 0 unspecified atom stereocenters. The zero-order valence-corrected chi connectivity index (χ0v) is 36.3. The van der Waals surface area contributed by atoms with Crippen LogP contribution in [0.2, 0.25) is 0 Å². The van der Waals surface area contributed by atoms with E-state index in [0.717, 1.165) is 56.2 Å². The summed E-state index contributed by atoms with van der Waals surface area (Å²) in [4.78, 5) is 24.0. The summed E-state index contributed by atoms with van der Waals surface area (Å²) < 4.78 is 64.6. The number of ether oxygens (including phenoxy) is 5. The number of hydrogen-bond acceptors (Lipinski definition) is 11. The van der Waals surface area contributed by atoms with Crippen LogP contribution in [0.1, 0.15) is 54.9 Å². The van der Waals surface area contributed by atoms with Crippen molar-refractivity contribution >= 4 is 21.9 Å². The van der Waals surface area contributed by atoms with Crippen LogP contribution in [0.25, 0.3) is 22.3 Å². The Balaban J connectivity index is 0.000000214. The number of nitrogens with one attached hydrogen (secondary N) is 1. The fourth-order valence-electron chi connectivity index (χ4n) is 6.43. The third-order valence-electron chi connectivity index (χ3n) is 9.92. The number of furan rings is 2. The molecule has 1 N–H and O–H groups in total. The number of carbonyl (C=O) groups is 2. The first-order chi connectivity index (χ1) is 29.8. The summed E-state index contributed by atoms with van der Waals surface area (Å²) in [6.07, 6.45) is 0. The van der Waals surface area contributed by atoms with Gasteiger partial charge in [-0.15, -0.1) is 0 Å². The molecule has 2 heterocycles. The quantitative estimate of drug-likeness (QED) is 0.104. The van der Waals surface area contributed by atoms with Crippen LogP contribution in [0.15, 0.2) is 141 Å². The maximum Gasteiger partial charge on any atom is 0.373 e. The van der Waals surface area contributed by atoms with Gasteiger partial charge in [0, 0.05) is 11.1 Å². The lowest BCUT2D eigenvalue weighted by molar-refractivity contribution is 0.0563. The first kappa shape index (κ1) is 44.3. The minimum atomic E-state index is -4.00. The van der Waals surface area contributed by atoms with Crippen molar-refractivity contribution in [3.63, 3.8) is 0 Å². The lowest BCUT2D eigenvalue weighted by atomic mass is 10.0. The minimum Gasteiger partial charge on any atom is -0.497 e. The first-order valence-electron chi connectivity index (χ1n) is 19.4. The largest absolute Gasteiger partial charge is 0.497 e. The average molecular weight is 858 g/mol. The van der Waals surface area contributed by atoms with Crippen molar-refractivity contribution in [1.29, 1.82) is 0 Å². The van der Waals surface area contributed by atoms with Gasteiger partial charge in [-0.3, -0.25) is 4.79 Å². The highest BCUT2D eigenvalue weighted by Crippen LogP contribution is 2.30. The Hall–Kier alpha value is -7.25. The van der Waals surface area contributed by atoms with E-state index in [4.69, 9.17) is 27.8 Å². The van der Waals surface area contributed by atoms with Crippen molar-refractivity contribution in [3.8, 4) is 45.3 Å². The van der Waals surface area contributed by atoms with Gasteiger partial charge in [-0.1, -0.05) is 54.6 Å². The van der Waals surface area contributed by atoms with Crippen molar-refractivity contribution in [1.82, 2.24) is 4.72 Å². The second-order valence-electron chi connectivity index (χ2n) is 14.1. The molecule has 0 saturated carbocycles. The van der Waals surface area contributed by atoms with Crippen LogP contribution in [0, 0.1) is 27.7 Å². The second kappa shape index (κ2) is 19.9. The number of rotatable bonds is 14. The van der Waals surface area contributed by atoms with Gasteiger partial charge in [-0.05, 0) is 134 Å². The molecule has 320 valence electrons. The number of benzene rings is 5. The van der Waals surface area contributed by atoms with Crippen molar-refractivity contribution in [2.75, 3.05) is 21.3 Å². The molecule has 2 aromatic heterocycles. The summed E-state index contributed by atoms with van der Waals surface area (Å²) in [6, 6.07) is 38.3. The van der Waals surface area contributed by atoms with E-state index < -0.39 is 21.9 Å². The SMILES string of the molecule is COC(=O)c1cc(COc2ccc(-c3ccc(OC)cc3C)cc2)c(C)o1.COc1ccc(-c2ccc(OCc3cc(C(=O)NS(=O)(=O)c4ccccc4)oc3C)cc2)c(C)c1. The third kappa shape index (κ3) is 10.9. The topological polar surface area (TPSA) is 153 Å². The number of carbonyl (C=O) groups excluding carboxylic acids is 2. The summed E-state index contributed by atoms with van der Waals surface area (Å²) in [5.41, 5.74) is 8.11. The molecule has 12 nitrogen and oxygen atoms in total. The third-order valence-corrected chi connectivity index (χ3v) is 11.3. The number of sulfonamides is 1. The summed E-state index contributed by atoms with van der Waals surface area (Å²) >= 11 is 0. The van der Waals surface area contributed by atoms with Crippen molar-refractivity contribution in [3.05, 3.63) is 173 Å². The molecule has 5 aromatic carbocycles. The zero-order valence-electron chi connectivity index (χ0n) is 35.4. The van der Waals surface area contributed by atoms with Gasteiger partial charge < -0.3 is 32.5 Å². The summed E-state index contributed by atoms with van der Waals surface area (Å²) in [5.74, 6) is 2.89. The van der Waals surface area contributed by atoms with Gasteiger partial charge in [0.05, 0.1) is 26.2 Å². The first-order valence-corrected chi connectivity index (χ1v) is 20.9. The van der Waals surface area contributed by atoms with Gasteiger partial charge in [0.1, 0.15) is 47.7 Å². The molecule has 0 aliphatic heterocycles. The highest BCUT2D eigenvalue weighted by Gasteiger charge is 2.22. The Morgan fingerprint density at radius 3 is 1.42 bits per heavy atom. The number of methoxy groups -OCH3 is 3. The lowest BCUT2D eigenvalue weighted by Crippen LogP contribution is -2.30. The van der Waals surface area contributed by atoms with E-state index in [1.165, 1.54) is 25.3 Å². The maximum atomic E-state index is 12.5. The molecule has 7 rings (SSSR count). The number of hydrogen-bond donors (Lipinski definition) is 1. The number of aryl methyl sites for hydroxylation is 4.